The minimum Gasteiger partial charge on any atom is -0.355 e. The van der Waals surface area contributed by atoms with E-state index in [0.717, 1.165) is 24.4 Å². The number of amides is 2. The van der Waals surface area contributed by atoms with Gasteiger partial charge in [0.15, 0.2) is 0 Å². The summed E-state index contributed by atoms with van der Waals surface area (Å²) in [5.41, 5.74) is 1.59. The van der Waals surface area contributed by atoms with E-state index in [1.54, 1.807) is 6.33 Å². The fourth-order valence-corrected chi connectivity index (χ4v) is 4.34. The molecule has 0 spiro atoms. The van der Waals surface area contributed by atoms with Gasteiger partial charge in [0.05, 0.1) is 18.4 Å². The van der Waals surface area contributed by atoms with E-state index in [9.17, 15) is 9.59 Å². The minimum absolute atomic E-state index is 0.00869. The second-order valence-electron chi connectivity index (χ2n) is 8.77. The number of nitrogens with zero attached hydrogens (tertiary/aromatic N) is 2. The molecule has 144 valence electrons. The quantitative estimate of drug-likeness (QED) is 0.818. The zero-order valence-corrected chi connectivity index (χ0v) is 16.5. The van der Waals surface area contributed by atoms with Crippen LogP contribution in [0.5, 0.6) is 0 Å². The first kappa shape index (κ1) is 18.9. The normalized spacial score (nSPS) is 23.5. The van der Waals surface area contributed by atoms with E-state index in [1.807, 2.05) is 6.92 Å². The fourth-order valence-electron chi connectivity index (χ4n) is 4.34. The highest BCUT2D eigenvalue weighted by molar-refractivity contribution is 5.80. The van der Waals surface area contributed by atoms with Crippen LogP contribution in [0.25, 0.3) is 0 Å². The van der Waals surface area contributed by atoms with Crippen LogP contribution in [0.4, 0.5) is 0 Å². The minimum atomic E-state index is -0.136. The summed E-state index contributed by atoms with van der Waals surface area (Å²) in [4.78, 5) is 34.4. The predicted octanol–water partition coefficient (Wildman–Crippen LogP) is 2.44. The first-order chi connectivity index (χ1) is 12.3. The van der Waals surface area contributed by atoms with Gasteiger partial charge in [0.2, 0.25) is 11.8 Å². The Balaban J connectivity index is 1.51. The van der Waals surface area contributed by atoms with Crippen LogP contribution in [-0.4, -0.2) is 45.3 Å². The molecule has 2 amide bonds. The van der Waals surface area contributed by atoms with Gasteiger partial charge in [0, 0.05) is 30.2 Å². The van der Waals surface area contributed by atoms with Crippen LogP contribution in [0.2, 0.25) is 0 Å². The Hall–Kier alpha value is -1.85. The average Bonchev–Trinajstić information content (AvgIpc) is 3.05. The van der Waals surface area contributed by atoms with Crippen molar-refractivity contribution in [2.45, 2.75) is 65.3 Å². The van der Waals surface area contributed by atoms with Gasteiger partial charge in [-0.25, -0.2) is 4.98 Å². The lowest BCUT2D eigenvalue weighted by molar-refractivity contribution is -0.141. The van der Waals surface area contributed by atoms with E-state index in [4.69, 9.17) is 0 Å². The van der Waals surface area contributed by atoms with Crippen molar-refractivity contribution < 1.29 is 9.59 Å². The van der Waals surface area contributed by atoms with Gasteiger partial charge < -0.3 is 15.2 Å². The number of nitrogens with one attached hydrogen (secondary N) is 2. The molecule has 26 heavy (non-hydrogen) atoms. The van der Waals surface area contributed by atoms with E-state index in [2.05, 4.69) is 41.0 Å². The Bertz CT molecular complexity index is 663. The topological polar surface area (TPSA) is 78.1 Å². The first-order valence-corrected chi connectivity index (χ1v) is 9.85. The van der Waals surface area contributed by atoms with Crippen LogP contribution in [0.15, 0.2) is 6.33 Å². The maximum absolute atomic E-state index is 13.0. The average molecular weight is 361 g/mol. The summed E-state index contributed by atoms with van der Waals surface area (Å²) in [5.74, 6) is 1.28. The summed E-state index contributed by atoms with van der Waals surface area (Å²) in [6.07, 6.45) is 6.48. The summed E-state index contributed by atoms with van der Waals surface area (Å²) in [6, 6.07) is 0. The lowest BCUT2D eigenvalue weighted by atomic mass is 9.76. The van der Waals surface area contributed by atoms with Crippen molar-refractivity contribution in [1.29, 1.82) is 0 Å². The molecule has 6 nitrogen and oxygen atoms in total. The molecule has 1 saturated heterocycles. The highest BCUT2D eigenvalue weighted by atomic mass is 16.2. The second-order valence-corrected chi connectivity index (χ2v) is 8.77. The molecule has 1 aromatic heterocycles. The number of hydrogen-bond donors (Lipinski definition) is 2. The summed E-state index contributed by atoms with van der Waals surface area (Å²) >= 11 is 0. The molecule has 1 aromatic rings. The Morgan fingerprint density at radius 2 is 2.15 bits per heavy atom. The Labute approximate surface area is 156 Å². The molecule has 1 saturated carbocycles. The smallest absolute Gasteiger partial charge is 0.226 e. The Morgan fingerprint density at radius 1 is 1.42 bits per heavy atom. The summed E-state index contributed by atoms with van der Waals surface area (Å²) in [6.45, 7) is 9.66. The predicted molar refractivity (Wildman–Crippen MR) is 100 cm³/mol. The number of likely N-dealkylation sites (tertiary alicyclic amines) is 1. The molecule has 2 aliphatic rings. The zero-order chi connectivity index (χ0) is 18.9. The molecule has 2 fully saturated rings. The number of H-pyrrole nitrogens is 1. The number of imidazole rings is 1. The number of aromatic nitrogens is 2. The summed E-state index contributed by atoms with van der Waals surface area (Å²) in [7, 11) is 0. The number of carbonyl (C=O) groups excluding carboxylic acids is 2. The third kappa shape index (κ3) is 3.94. The Kier molecular flexibility index (Phi) is 5.39. The van der Waals surface area contributed by atoms with E-state index >= 15 is 0 Å². The van der Waals surface area contributed by atoms with Crippen LogP contribution < -0.4 is 5.32 Å². The van der Waals surface area contributed by atoms with Crippen molar-refractivity contribution in [3.8, 4) is 0 Å². The van der Waals surface area contributed by atoms with Crippen LogP contribution in [0.1, 0.15) is 57.8 Å². The van der Waals surface area contributed by atoms with Crippen molar-refractivity contribution in [1.82, 2.24) is 20.2 Å². The molecule has 2 N–H and O–H groups in total. The van der Waals surface area contributed by atoms with Gasteiger partial charge in [-0.3, -0.25) is 9.59 Å². The van der Waals surface area contributed by atoms with Crippen LogP contribution in [0.3, 0.4) is 0 Å². The van der Waals surface area contributed by atoms with Gasteiger partial charge in [0.1, 0.15) is 0 Å². The molecule has 2 heterocycles. The number of carbonyl (C=O) groups is 2. The van der Waals surface area contributed by atoms with Crippen LogP contribution >= 0.6 is 0 Å². The number of rotatable bonds is 6. The second kappa shape index (κ2) is 7.41. The largest absolute Gasteiger partial charge is 0.355 e. The lowest BCUT2D eigenvalue weighted by Crippen LogP contribution is -2.47. The lowest BCUT2D eigenvalue weighted by Gasteiger charge is -2.38. The van der Waals surface area contributed by atoms with Crippen molar-refractivity contribution in [3.63, 3.8) is 0 Å². The van der Waals surface area contributed by atoms with Crippen molar-refractivity contribution in [3.05, 3.63) is 17.7 Å². The summed E-state index contributed by atoms with van der Waals surface area (Å²) in [5, 5.41) is 3.03. The number of hydrogen-bond acceptors (Lipinski definition) is 3. The molecule has 0 radical (unpaired) electrons. The van der Waals surface area contributed by atoms with E-state index in [0.29, 0.717) is 30.7 Å². The van der Waals surface area contributed by atoms with Gasteiger partial charge >= 0.3 is 0 Å². The number of aryl methyl sites for hydroxylation is 1. The van der Waals surface area contributed by atoms with Gasteiger partial charge in [0.25, 0.3) is 0 Å². The van der Waals surface area contributed by atoms with Crippen molar-refractivity contribution >= 4 is 11.8 Å². The van der Waals surface area contributed by atoms with E-state index in [-0.39, 0.29) is 17.4 Å². The highest BCUT2D eigenvalue weighted by Gasteiger charge is 2.43. The van der Waals surface area contributed by atoms with Gasteiger partial charge in [-0.15, -0.1) is 0 Å². The van der Waals surface area contributed by atoms with Gasteiger partial charge in [-0.2, -0.15) is 0 Å². The molecule has 3 rings (SSSR count). The summed E-state index contributed by atoms with van der Waals surface area (Å²) < 4.78 is 0. The molecule has 1 aliphatic heterocycles. The molecule has 2 unspecified atom stereocenters. The van der Waals surface area contributed by atoms with Crippen LogP contribution in [0, 0.1) is 24.7 Å². The van der Waals surface area contributed by atoms with Gasteiger partial charge in [-0.1, -0.05) is 13.3 Å². The third-order valence-corrected chi connectivity index (χ3v) is 6.32. The van der Waals surface area contributed by atoms with Crippen LogP contribution in [-0.2, 0) is 16.0 Å². The fraction of sp³-hybridized carbons (Fsp3) is 0.750. The standard InChI is InChI=1S/C20H32N4O2/c1-13(16-6-5-7-16)19(26)24-11-15(9-20(24,3)4)10-21-18(25)8-17-14(2)22-12-23-17/h12-13,15-16H,5-11H2,1-4H3,(H,21,25)(H,22,23). The Morgan fingerprint density at radius 3 is 2.73 bits per heavy atom. The van der Waals surface area contributed by atoms with Crippen molar-refractivity contribution in [2.75, 3.05) is 13.1 Å². The highest BCUT2D eigenvalue weighted by Crippen LogP contribution is 2.38. The molecule has 0 aromatic carbocycles. The molecule has 1 aliphatic carbocycles. The first-order valence-electron chi connectivity index (χ1n) is 9.85. The monoisotopic (exact) mass is 360 g/mol. The SMILES string of the molecule is Cc1[nH]cnc1CC(=O)NCC1CN(C(=O)C(C)C2CCC2)C(C)(C)C1. The van der Waals surface area contributed by atoms with Gasteiger partial charge in [-0.05, 0) is 51.9 Å². The molecule has 2 atom stereocenters. The maximum Gasteiger partial charge on any atom is 0.226 e. The zero-order valence-electron chi connectivity index (χ0n) is 16.5. The maximum atomic E-state index is 13.0. The van der Waals surface area contributed by atoms with Crippen molar-refractivity contribution in [2.24, 2.45) is 17.8 Å². The van der Waals surface area contributed by atoms with E-state index in [1.165, 1.54) is 19.3 Å². The molecule has 6 heteroatoms. The molecular weight excluding hydrogens is 328 g/mol. The molecule has 0 bridgehead atoms. The number of aromatic amines is 1. The van der Waals surface area contributed by atoms with E-state index < -0.39 is 0 Å². The third-order valence-electron chi connectivity index (χ3n) is 6.32. The molecular formula is C20H32N4O2.